The lowest BCUT2D eigenvalue weighted by Crippen LogP contribution is -2.29. The lowest BCUT2D eigenvalue weighted by Gasteiger charge is -2.18. The fraction of sp³-hybridized carbons (Fsp3) is 0.429. The highest BCUT2D eigenvalue weighted by atomic mass is 16.5. The second-order valence-electron chi connectivity index (χ2n) is 4.85. The Kier molecular flexibility index (Phi) is 3.97. The summed E-state index contributed by atoms with van der Waals surface area (Å²) in [6, 6.07) is 5.78. The second-order valence-corrected chi connectivity index (χ2v) is 4.85. The number of rotatable bonds is 3. The molecule has 0 fully saturated rings. The third kappa shape index (κ3) is 2.80. The minimum absolute atomic E-state index is 0.338. The Morgan fingerprint density at radius 1 is 1.39 bits per heavy atom. The number of nitrogens with one attached hydrogen (secondary N) is 1. The lowest BCUT2D eigenvalue weighted by molar-refractivity contribution is -0.121. The maximum absolute atomic E-state index is 12.0. The first-order valence-electron chi connectivity index (χ1n) is 5.69. The minimum Gasteiger partial charge on any atom is -0.495 e. The molecule has 1 aromatic rings. The molecule has 0 aliphatic rings. The van der Waals surface area contributed by atoms with Gasteiger partial charge in [-0.25, -0.2) is 0 Å². The molecular formula is C14H18N2O2. The first kappa shape index (κ1) is 14.0. The van der Waals surface area contributed by atoms with Crippen LogP contribution in [0.4, 0.5) is 5.69 Å². The van der Waals surface area contributed by atoms with Crippen molar-refractivity contribution in [3.05, 3.63) is 23.3 Å². The van der Waals surface area contributed by atoms with Gasteiger partial charge in [-0.05, 0) is 44.9 Å². The molecule has 0 aliphatic heterocycles. The Morgan fingerprint density at radius 3 is 2.50 bits per heavy atom. The van der Waals surface area contributed by atoms with Crippen molar-refractivity contribution < 1.29 is 9.53 Å². The van der Waals surface area contributed by atoms with Gasteiger partial charge in [0.05, 0.1) is 18.9 Å². The van der Waals surface area contributed by atoms with Crippen LogP contribution in [0.5, 0.6) is 5.75 Å². The van der Waals surface area contributed by atoms with Crippen LogP contribution in [0.3, 0.4) is 0 Å². The van der Waals surface area contributed by atoms with Crippen LogP contribution in [0, 0.1) is 30.6 Å². The summed E-state index contributed by atoms with van der Waals surface area (Å²) in [4.78, 5) is 12.0. The number of carbonyl (C=O) groups is 1. The van der Waals surface area contributed by atoms with Gasteiger partial charge in [0.2, 0.25) is 5.91 Å². The van der Waals surface area contributed by atoms with Crippen LogP contribution in [-0.4, -0.2) is 13.0 Å². The molecule has 1 rings (SSSR count). The Hall–Kier alpha value is -2.02. The third-order valence-electron chi connectivity index (χ3n) is 2.75. The molecule has 18 heavy (non-hydrogen) atoms. The smallest absolute Gasteiger partial charge is 0.244 e. The number of nitriles is 1. The van der Waals surface area contributed by atoms with Crippen LogP contribution in [0.15, 0.2) is 12.1 Å². The van der Waals surface area contributed by atoms with Crippen LogP contribution in [0.25, 0.3) is 0 Å². The fourth-order valence-corrected chi connectivity index (χ4v) is 1.57. The number of anilines is 1. The summed E-state index contributed by atoms with van der Waals surface area (Å²) >= 11 is 0. The van der Waals surface area contributed by atoms with Crippen LogP contribution in [-0.2, 0) is 4.79 Å². The fourth-order valence-electron chi connectivity index (χ4n) is 1.57. The van der Waals surface area contributed by atoms with Crippen molar-refractivity contribution in [1.82, 2.24) is 0 Å². The van der Waals surface area contributed by atoms with E-state index in [4.69, 9.17) is 10.00 Å². The number of ether oxygens (including phenoxy) is 1. The zero-order valence-electron chi connectivity index (χ0n) is 11.4. The van der Waals surface area contributed by atoms with Crippen molar-refractivity contribution in [2.75, 3.05) is 12.4 Å². The number of nitrogens with zero attached hydrogens (tertiary/aromatic N) is 1. The Balaban J connectivity index is 3.13. The van der Waals surface area contributed by atoms with Crippen molar-refractivity contribution in [2.45, 2.75) is 27.7 Å². The number of hydrogen-bond acceptors (Lipinski definition) is 3. The summed E-state index contributed by atoms with van der Waals surface area (Å²) in [6.07, 6.45) is 0. The predicted octanol–water partition coefficient (Wildman–Crippen LogP) is 2.80. The summed E-state index contributed by atoms with van der Waals surface area (Å²) in [5.74, 6) is 0.268. The van der Waals surface area contributed by atoms with E-state index in [-0.39, 0.29) is 5.91 Å². The van der Waals surface area contributed by atoms with Gasteiger partial charge in [-0.2, -0.15) is 5.26 Å². The van der Waals surface area contributed by atoms with Gasteiger partial charge in [0, 0.05) is 0 Å². The van der Waals surface area contributed by atoms with E-state index in [9.17, 15) is 4.79 Å². The van der Waals surface area contributed by atoms with E-state index in [0.29, 0.717) is 11.4 Å². The molecule has 0 unspecified atom stereocenters. The lowest BCUT2D eigenvalue weighted by atomic mass is 9.94. The normalized spacial score (nSPS) is 10.7. The van der Waals surface area contributed by atoms with E-state index >= 15 is 0 Å². The molecule has 1 amide bonds. The van der Waals surface area contributed by atoms with Gasteiger partial charge in [-0.1, -0.05) is 6.07 Å². The van der Waals surface area contributed by atoms with Crippen molar-refractivity contribution in [3.8, 4) is 11.8 Å². The predicted molar refractivity (Wildman–Crippen MR) is 70.5 cm³/mol. The van der Waals surface area contributed by atoms with Crippen LogP contribution < -0.4 is 10.1 Å². The number of methoxy groups -OCH3 is 1. The van der Waals surface area contributed by atoms with E-state index in [1.807, 2.05) is 32.0 Å². The molecule has 1 N–H and O–H groups in total. The number of benzene rings is 1. The molecule has 4 nitrogen and oxygen atoms in total. The minimum atomic E-state index is -1.07. The van der Waals surface area contributed by atoms with Crippen LogP contribution in [0.1, 0.15) is 25.0 Å². The number of aryl methyl sites for hydroxylation is 2. The molecule has 0 saturated heterocycles. The van der Waals surface area contributed by atoms with E-state index < -0.39 is 5.41 Å². The second kappa shape index (κ2) is 5.09. The standard InChI is InChI=1S/C14H18N2O2/c1-9-6-10(2)12(11(7-9)18-5)16-13(17)14(3,4)8-15/h6-7H,1-5H3,(H,16,17). The van der Waals surface area contributed by atoms with Crippen molar-refractivity contribution in [2.24, 2.45) is 5.41 Å². The largest absolute Gasteiger partial charge is 0.495 e. The molecule has 0 spiro atoms. The van der Waals surface area contributed by atoms with Crippen molar-refractivity contribution in [3.63, 3.8) is 0 Å². The highest BCUT2D eigenvalue weighted by Crippen LogP contribution is 2.31. The van der Waals surface area contributed by atoms with E-state index in [2.05, 4.69) is 5.32 Å². The van der Waals surface area contributed by atoms with Crippen LogP contribution >= 0.6 is 0 Å². The topological polar surface area (TPSA) is 62.1 Å². The molecule has 0 bridgehead atoms. The molecule has 0 saturated carbocycles. The number of carbonyl (C=O) groups excluding carboxylic acids is 1. The summed E-state index contributed by atoms with van der Waals surface area (Å²) in [6.45, 7) is 7.02. The van der Waals surface area contributed by atoms with Gasteiger partial charge in [-0.3, -0.25) is 4.79 Å². The molecule has 0 aromatic heterocycles. The average Bonchev–Trinajstić information content (AvgIpc) is 2.31. The molecule has 4 heteroatoms. The van der Waals surface area contributed by atoms with Gasteiger partial charge in [-0.15, -0.1) is 0 Å². The molecule has 0 heterocycles. The summed E-state index contributed by atoms with van der Waals surface area (Å²) < 4.78 is 5.26. The maximum atomic E-state index is 12.0. The van der Waals surface area contributed by atoms with E-state index in [0.717, 1.165) is 11.1 Å². The zero-order valence-corrected chi connectivity index (χ0v) is 11.4. The van der Waals surface area contributed by atoms with Gasteiger partial charge in [0.15, 0.2) is 0 Å². The van der Waals surface area contributed by atoms with Crippen LogP contribution in [0.2, 0.25) is 0 Å². The van der Waals surface area contributed by atoms with Crippen molar-refractivity contribution >= 4 is 11.6 Å². The Morgan fingerprint density at radius 2 is 2.00 bits per heavy atom. The Bertz CT molecular complexity index is 513. The third-order valence-corrected chi connectivity index (χ3v) is 2.75. The summed E-state index contributed by atoms with van der Waals surface area (Å²) in [7, 11) is 1.55. The molecule has 0 radical (unpaired) electrons. The summed E-state index contributed by atoms with van der Waals surface area (Å²) in [5.41, 5.74) is 1.52. The monoisotopic (exact) mass is 246 g/mol. The molecule has 0 atom stereocenters. The molecule has 1 aromatic carbocycles. The molecule has 0 aliphatic carbocycles. The Labute approximate surface area is 108 Å². The average molecular weight is 246 g/mol. The van der Waals surface area contributed by atoms with E-state index in [1.165, 1.54) is 0 Å². The van der Waals surface area contributed by atoms with Gasteiger partial charge >= 0.3 is 0 Å². The van der Waals surface area contributed by atoms with E-state index in [1.54, 1.807) is 21.0 Å². The van der Waals surface area contributed by atoms with Gasteiger partial charge in [0.25, 0.3) is 0 Å². The molecule has 96 valence electrons. The maximum Gasteiger partial charge on any atom is 0.244 e. The zero-order chi connectivity index (χ0) is 13.9. The first-order chi connectivity index (χ1) is 8.31. The SMILES string of the molecule is COc1cc(C)cc(C)c1NC(=O)C(C)(C)C#N. The highest BCUT2D eigenvalue weighted by Gasteiger charge is 2.28. The van der Waals surface area contributed by atoms with Gasteiger partial charge < -0.3 is 10.1 Å². The molecular weight excluding hydrogens is 228 g/mol. The number of hydrogen-bond donors (Lipinski definition) is 1. The quantitative estimate of drug-likeness (QED) is 0.892. The van der Waals surface area contributed by atoms with Gasteiger partial charge in [0.1, 0.15) is 11.2 Å². The summed E-state index contributed by atoms with van der Waals surface area (Å²) in [5, 5.41) is 11.7. The van der Waals surface area contributed by atoms with Crippen molar-refractivity contribution in [1.29, 1.82) is 5.26 Å². The number of amides is 1. The first-order valence-corrected chi connectivity index (χ1v) is 5.69. The highest BCUT2D eigenvalue weighted by molar-refractivity contribution is 5.98.